The Morgan fingerprint density at radius 1 is 1.54 bits per heavy atom. The zero-order valence-corrected chi connectivity index (χ0v) is 7.33. The number of nitrogens with two attached hydrogens (primary N) is 1. The maximum absolute atomic E-state index is 5.53. The highest BCUT2D eigenvalue weighted by atomic mass is 14.8. The highest BCUT2D eigenvalue weighted by Gasteiger charge is 2.08. The first-order valence-electron chi connectivity index (χ1n) is 4.24. The van der Waals surface area contributed by atoms with Gasteiger partial charge in [0.15, 0.2) is 0 Å². The summed E-state index contributed by atoms with van der Waals surface area (Å²) in [5, 5.41) is 0. The van der Waals surface area contributed by atoms with Gasteiger partial charge in [0.2, 0.25) is 0 Å². The number of hydrogen-bond donors (Lipinski definition) is 1. The first-order chi connectivity index (χ1) is 6.27. The summed E-state index contributed by atoms with van der Waals surface area (Å²) >= 11 is 0. The van der Waals surface area contributed by atoms with E-state index in [1.165, 1.54) is 0 Å². The molecule has 3 heteroatoms. The van der Waals surface area contributed by atoms with Crippen LogP contribution in [0.4, 0.5) is 0 Å². The molecule has 0 amide bonds. The second kappa shape index (κ2) is 3.01. The average molecular weight is 173 g/mol. The fraction of sp³-hybridized carbons (Fsp3) is 0.200. The lowest BCUT2D eigenvalue weighted by molar-refractivity contribution is 0.897. The SMILES string of the molecule is C=C(N)c1cnc2c(n1)C=CCC2. The Labute approximate surface area is 77.0 Å². The minimum atomic E-state index is 0.467. The second-order valence-corrected chi connectivity index (χ2v) is 3.05. The van der Waals surface area contributed by atoms with E-state index in [4.69, 9.17) is 5.73 Å². The summed E-state index contributed by atoms with van der Waals surface area (Å²) in [6.07, 6.45) is 7.78. The minimum absolute atomic E-state index is 0.467. The topological polar surface area (TPSA) is 51.8 Å². The Morgan fingerprint density at radius 3 is 3.15 bits per heavy atom. The Kier molecular flexibility index (Phi) is 1.85. The zero-order valence-electron chi connectivity index (χ0n) is 7.33. The number of aromatic nitrogens is 2. The molecule has 3 nitrogen and oxygen atoms in total. The van der Waals surface area contributed by atoms with Crippen molar-refractivity contribution in [2.24, 2.45) is 5.73 Å². The summed E-state index contributed by atoms with van der Waals surface area (Å²) in [7, 11) is 0. The van der Waals surface area contributed by atoms with Crippen molar-refractivity contribution in [3.05, 3.63) is 35.9 Å². The van der Waals surface area contributed by atoms with Gasteiger partial charge in [0.05, 0.1) is 23.3 Å². The molecule has 1 aliphatic rings. The zero-order chi connectivity index (χ0) is 9.26. The molecule has 0 aliphatic heterocycles. The van der Waals surface area contributed by atoms with E-state index in [-0.39, 0.29) is 0 Å². The van der Waals surface area contributed by atoms with E-state index in [0.717, 1.165) is 24.2 Å². The van der Waals surface area contributed by atoms with E-state index in [2.05, 4.69) is 22.6 Å². The number of rotatable bonds is 1. The molecule has 2 N–H and O–H groups in total. The van der Waals surface area contributed by atoms with Crippen molar-refractivity contribution >= 4 is 11.8 Å². The van der Waals surface area contributed by atoms with Gasteiger partial charge >= 0.3 is 0 Å². The van der Waals surface area contributed by atoms with E-state index in [1.54, 1.807) is 6.20 Å². The van der Waals surface area contributed by atoms with Gasteiger partial charge in [-0.25, -0.2) is 4.98 Å². The van der Waals surface area contributed by atoms with Gasteiger partial charge in [-0.1, -0.05) is 12.7 Å². The summed E-state index contributed by atoms with van der Waals surface area (Å²) in [5.41, 5.74) is 8.64. The number of hydrogen-bond acceptors (Lipinski definition) is 3. The summed E-state index contributed by atoms with van der Waals surface area (Å²) in [5.74, 6) is 0. The van der Waals surface area contributed by atoms with Crippen LogP contribution in [0, 0.1) is 0 Å². The van der Waals surface area contributed by atoms with E-state index >= 15 is 0 Å². The van der Waals surface area contributed by atoms with Crippen LogP contribution in [0.5, 0.6) is 0 Å². The quantitative estimate of drug-likeness (QED) is 0.697. The van der Waals surface area contributed by atoms with Crippen LogP contribution in [0.3, 0.4) is 0 Å². The summed E-state index contributed by atoms with van der Waals surface area (Å²) in [6.45, 7) is 3.63. The molecule has 0 saturated carbocycles. The van der Waals surface area contributed by atoms with Crippen molar-refractivity contribution < 1.29 is 0 Å². The maximum Gasteiger partial charge on any atom is 0.104 e. The van der Waals surface area contributed by atoms with Crippen molar-refractivity contribution in [1.29, 1.82) is 0 Å². The molecule has 0 radical (unpaired) electrons. The van der Waals surface area contributed by atoms with E-state index < -0.39 is 0 Å². The molecule has 0 fully saturated rings. The molecule has 0 unspecified atom stereocenters. The predicted octanol–water partition coefficient (Wildman–Crippen LogP) is 1.37. The molecule has 2 rings (SSSR count). The van der Waals surface area contributed by atoms with E-state index in [1.807, 2.05) is 6.08 Å². The van der Waals surface area contributed by atoms with Gasteiger partial charge in [-0.3, -0.25) is 4.98 Å². The van der Waals surface area contributed by atoms with Gasteiger partial charge in [0.25, 0.3) is 0 Å². The van der Waals surface area contributed by atoms with Crippen LogP contribution in [0.2, 0.25) is 0 Å². The monoisotopic (exact) mass is 173 g/mol. The second-order valence-electron chi connectivity index (χ2n) is 3.05. The van der Waals surface area contributed by atoms with Crippen molar-refractivity contribution in [3.8, 4) is 0 Å². The average Bonchev–Trinajstić information content (AvgIpc) is 2.17. The van der Waals surface area contributed by atoms with E-state index in [0.29, 0.717) is 11.4 Å². The van der Waals surface area contributed by atoms with Crippen LogP contribution >= 0.6 is 0 Å². The molecule has 1 aliphatic carbocycles. The number of allylic oxidation sites excluding steroid dienone is 1. The Bertz CT molecular complexity index is 380. The lowest BCUT2D eigenvalue weighted by Gasteiger charge is -2.09. The number of nitrogens with zero attached hydrogens (tertiary/aromatic N) is 2. The fourth-order valence-corrected chi connectivity index (χ4v) is 1.32. The van der Waals surface area contributed by atoms with Crippen LogP contribution in [0.1, 0.15) is 23.5 Å². The highest BCUT2D eigenvalue weighted by molar-refractivity contribution is 5.59. The summed E-state index contributed by atoms with van der Waals surface area (Å²) in [4.78, 5) is 8.62. The first-order valence-corrected chi connectivity index (χ1v) is 4.24. The molecule has 66 valence electrons. The molecule has 1 heterocycles. The Hall–Kier alpha value is -1.64. The minimum Gasteiger partial charge on any atom is -0.397 e. The van der Waals surface area contributed by atoms with Crippen molar-refractivity contribution in [1.82, 2.24) is 9.97 Å². The Morgan fingerprint density at radius 2 is 2.38 bits per heavy atom. The molecule has 0 saturated heterocycles. The third-order valence-corrected chi connectivity index (χ3v) is 2.03. The van der Waals surface area contributed by atoms with Crippen LogP contribution in [-0.2, 0) is 6.42 Å². The molecule has 0 bridgehead atoms. The van der Waals surface area contributed by atoms with Crippen molar-refractivity contribution in [3.63, 3.8) is 0 Å². The largest absolute Gasteiger partial charge is 0.397 e. The maximum atomic E-state index is 5.53. The molecule has 0 aromatic carbocycles. The van der Waals surface area contributed by atoms with E-state index in [9.17, 15) is 0 Å². The molecule has 0 atom stereocenters. The van der Waals surface area contributed by atoms with Crippen LogP contribution < -0.4 is 5.73 Å². The highest BCUT2D eigenvalue weighted by Crippen LogP contribution is 2.15. The molecule has 0 spiro atoms. The molecule has 1 aromatic rings. The molecule has 13 heavy (non-hydrogen) atoms. The van der Waals surface area contributed by atoms with Gasteiger partial charge in [0.1, 0.15) is 5.69 Å². The summed E-state index contributed by atoms with van der Waals surface area (Å²) < 4.78 is 0. The number of fused-ring (bicyclic) bond motifs is 1. The van der Waals surface area contributed by atoms with Gasteiger partial charge in [-0.15, -0.1) is 0 Å². The standard InChI is InChI=1S/C10H11N3/c1-7(11)10-6-12-8-4-2-3-5-9(8)13-10/h3,5-6H,1-2,4,11H2. The van der Waals surface area contributed by atoms with Crippen LogP contribution in [-0.4, -0.2) is 9.97 Å². The van der Waals surface area contributed by atoms with Gasteiger partial charge in [-0.2, -0.15) is 0 Å². The lowest BCUT2D eigenvalue weighted by Crippen LogP contribution is -2.05. The normalized spacial score (nSPS) is 13.8. The van der Waals surface area contributed by atoms with Crippen molar-refractivity contribution in [2.45, 2.75) is 12.8 Å². The lowest BCUT2D eigenvalue weighted by atomic mass is 10.1. The molecular formula is C10H11N3. The van der Waals surface area contributed by atoms with Gasteiger partial charge in [-0.05, 0) is 18.9 Å². The number of aryl methyl sites for hydroxylation is 1. The van der Waals surface area contributed by atoms with Crippen LogP contribution in [0.25, 0.3) is 11.8 Å². The van der Waals surface area contributed by atoms with Gasteiger partial charge < -0.3 is 5.73 Å². The van der Waals surface area contributed by atoms with Crippen LogP contribution in [0.15, 0.2) is 18.9 Å². The Balaban J connectivity index is 2.48. The van der Waals surface area contributed by atoms with Gasteiger partial charge in [0, 0.05) is 0 Å². The third kappa shape index (κ3) is 1.45. The third-order valence-electron chi connectivity index (χ3n) is 2.03. The summed E-state index contributed by atoms with van der Waals surface area (Å²) in [6, 6.07) is 0. The first kappa shape index (κ1) is 7.98. The predicted molar refractivity (Wildman–Crippen MR) is 52.6 cm³/mol. The molecule has 1 aromatic heterocycles. The smallest absolute Gasteiger partial charge is 0.104 e. The fourth-order valence-electron chi connectivity index (χ4n) is 1.32. The molecular weight excluding hydrogens is 162 g/mol. The van der Waals surface area contributed by atoms with Crippen molar-refractivity contribution in [2.75, 3.05) is 0 Å².